The number of nitrogens with one attached hydrogen (secondary N) is 1. The van der Waals surface area contributed by atoms with Gasteiger partial charge in [0, 0.05) is 18.2 Å². The van der Waals surface area contributed by atoms with E-state index in [0.29, 0.717) is 0 Å². The zero-order chi connectivity index (χ0) is 14.4. The Balaban J connectivity index is 2.69. The van der Waals surface area contributed by atoms with E-state index in [0.717, 1.165) is 16.9 Å². The molecule has 4 nitrogen and oxygen atoms in total. The molecule has 0 heterocycles. The molecule has 0 aliphatic heterocycles. The number of hydrogen-bond acceptors (Lipinski definition) is 3. The number of hydrogen-bond donors (Lipinski definition) is 2. The van der Waals surface area contributed by atoms with Gasteiger partial charge in [0.1, 0.15) is 5.75 Å². The van der Waals surface area contributed by atoms with Gasteiger partial charge in [0.25, 0.3) is 0 Å². The smallest absolute Gasteiger partial charge is 0.224 e. The largest absolute Gasteiger partial charge is 0.496 e. The highest BCUT2D eigenvalue weighted by Crippen LogP contribution is 2.20. The second-order valence-electron chi connectivity index (χ2n) is 5.01. The molecule has 1 aromatic rings. The SMILES string of the molecule is COc1ccc(C)cc1CC(=O)NC(C)C(C)CO. The Labute approximate surface area is 114 Å². The Bertz CT molecular complexity index is 431. The van der Waals surface area contributed by atoms with Crippen LogP contribution in [-0.2, 0) is 11.2 Å². The molecule has 0 saturated carbocycles. The summed E-state index contributed by atoms with van der Waals surface area (Å²) in [5.74, 6) is 0.712. The van der Waals surface area contributed by atoms with Gasteiger partial charge in [-0.3, -0.25) is 4.79 Å². The molecule has 0 fully saturated rings. The Hall–Kier alpha value is -1.55. The van der Waals surface area contributed by atoms with Gasteiger partial charge in [0.15, 0.2) is 0 Å². The molecule has 0 aliphatic carbocycles. The molecule has 0 saturated heterocycles. The van der Waals surface area contributed by atoms with Crippen molar-refractivity contribution in [2.24, 2.45) is 5.92 Å². The van der Waals surface area contributed by atoms with Crippen molar-refractivity contribution in [3.05, 3.63) is 29.3 Å². The topological polar surface area (TPSA) is 58.6 Å². The molecule has 19 heavy (non-hydrogen) atoms. The summed E-state index contributed by atoms with van der Waals surface area (Å²) in [5, 5.41) is 12.0. The molecule has 0 aliphatic rings. The number of carbonyl (C=O) groups excluding carboxylic acids is 1. The summed E-state index contributed by atoms with van der Waals surface area (Å²) >= 11 is 0. The van der Waals surface area contributed by atoms with Crippen LogP contribution in [0.2, 0.25) is 0 Å². The van der Waals surface area contributed by atoms with Crippen LogP contribution in [0.15, 0.2) is 18.2 Å². The lowest BCUT2D eigenvalue weighted by atomic mass is 10.0. The first-order chi connectivity index (χ1) is 8.97. The van der Waals surface area contributed by atoms with Crippen molar-refractivity contribution in [3.63, 3.8) is 0 Å². The minimum atomic E-state index is -0.0586. The van der Waals surface area contributed by atoms with Gasteiger partial charge < -0.3 is 15.2 Å². The van der Waals surface area contributed by atoms with Crippen LogP contribution in [0.25, 0.3) is 0 Å². The predicted molar refractivity (Wildman–Crippen MR) is 75.3 cm³/mol. The van der Waals surface area contributed by atoms with E-state index in [9.17, 15) is 4.79 Å². The summed E-state index contributed by atoms with van der Waals surface area (Å²) in [6.45, 7) is 5.84. The minimum absolute atomic E-state index is 0.0448. The molecule has 106 valence electrons. The van der Waals surface area contributed by atoms with Crippen molar-refractivity contribution in [2.75, 3.05) is 13.7 Å². The number of aryl methyl sites for hydroxylation is 1. The molecular formula is C15H23NO3. The molecule has 1 amide bonds. The summed E-state index contributed by atoms with van der Waals surface area (Å²) in [6.07, 6.45) is 0.285. The van der Waals surface area contributed by atoms with Gasteiger partial charge in [-0.05, 0) is 25.8 Å². The molecule has 4 heteroatoms. The number of rotatable bonds is 6. The highest BCUT2D eigenvalue weighted by molar-refractivity contribution is 5.79. The van der Waals surface area contributed by atoms with Crippen molar-refractivity contribution in [3.8, 4) is 5.75 Å². The first-order valence-corrected chi connectivity index (χ1v) is 6.51. The average Bonchev–Trinajstić information content (AvgIpc) is 2.37. The molecule has 2 atom stereocenters. The third-order valence-electron chi connectivity index (χ3n) is 3.32. The standard InChI is InChI=1S/C15H23NO3/c1-10-5-6-14(19-4)13(7-10)8-15(18)16-12(3)11(2)9-17/h5-7,11-12,17H,8-9H2,1-4H3,(H,16,18). The summed E-state index contributed by atoms with van der Waals surface area (Å²) in [6, 6.07) is 5.74. The Morgan fingerprint density at radius 3 is 2.68 bits per heavy atom. The number of aliphatic hydroxyl groups excluding tert-OH is 1. The van der Waals surface area contributed by atoms with E-state index in [1.807, 2.05) is 39.0 Å². The Morgan fingerprint density at radius 2 is 2.11 bits per heavy atom. The quantitative estimate of drug-likeness (QED) is 0.822. The summed E-state index contributed by atoms with van der Waals surface area (Å²) < 4.78 is 5.25. The average molecular weight is 265 g/mol. The monoisotopic (exact) mass is 265 g/mol. The molecule has 0 spiro atoms. The third kappa shape index (κ3) is 4.56. The van der Waals surface area contributed by atoms with Gasteiger partial charge in [-0.25, -0.2) is 0 Å². The number of ether oxygens (including phenoxy) is 1. The van der Waals surface area contributed by atoms with E-state index in [1.54, 1.807) is 7.11 Å². The molecule has 2 unspecified atom stereocenters. The second-order valence-corrected chi connectivity index (χ2v) is 5.01. The highest BCUT2D eigenvalue weighted by Gasteiger charge is 2.15. The molecule has 0 aromatic heterocycles. The number of methoxy groups -OCH3 is 1. The van der Waals surface area contributed by atoms with Gasteiger partial charge in [-0.2, -0.15) is 0 Å². The van der Waals surface area contributed by atoms with Crippen LogP contribution in [0.1, 0.15) is 25.0 Å². The first-order valence-electron chi connectivity index (χ1n) is 6.51. The van der Waals surface area contributed by atoms with Gasteiger partial charge >= 0.3 is 0 Å². The zero-order valence-electron chi connectivity index (χ0n) is 12.1. The lowest BCUT2D eigenvalue weighted by molar-refractivity contribution is -0.121. The fourth-order valence-corrected chi connectivity index (χ4v) is 1.82. The van der Waals surface area contributed by atoms with E-state index in [1.165, 1.54) is 0 Å². The molecule has 0 bridgehead atoms. The van der Waals surface area contributed by atoms with Crippen LogP contribution in [0.5, 0.6) is 5.75 Å². The van der Waals surface area contributed by atoms with Crippen LogP contribution >= 0.6 is 0 Å². The van der Waals surface area contributed by atoms with Crippen LogP contribution in [0, 0.1) is 12.8 Å². The Kier molecular flexibility index (Phi) is 5.83. The summed E-state index contributed by atoms with van der Waals surface area (Å²) in [5.41, 5.74) is 1.98. The highest BCUT2D eigenvalue weighted by atomic mass is 16.5. The molecular weight excluding hydrogens is 242 g/mol. The lowest BCUT2D eigenvalue weighted by Gasteiger charge is -2.19. The van der Waals surface area contributed by atoms with E-state index in [2.05, 4.69) is 5.32 Å². The Morgan fingerprint density at radius 1 is 1.42 bits per heavy atom. The fraction of sp³-hybridized carbons (Fsp3) is 0.533. The van der Waals surface area contributed by atoms with Crippen LogP contribution in [-0.4, -0.2) is 30.8 Å². The van der Waals surface area contributed by atoms with Crippen molar-refractivity contribution >= 4 is 5.91 Å². The van der Waals surface area contributed by atoms with Gasteiger partial charge in [-0.1, -0.05) is 24.6 Å². The first kappa shape index (κ1) is 15.5. The maximum absolute atomic E-state index is 12.0. The van der Waals surface area contributed by atoms with Crippen molar-refractivity contribution in [1.29, 1.82) is 0 Å². The normalized spacial score (nSPS) is 13.7. The second kappa shape index (κ2) is 7.14. The van der Waals surface area contributed by atoms with Gasteiger partial charge in [-0.15, -0.1) is 0 Å². The van der Waals surface area contributed by atoms with E-state index >= 15 is 0 Å². The summed E-state index contributed by atoms with van der Waals surface area (Å²) in [7, 11) is 1.60. The molecule has 2 N–H and O–H groups in total. The van der Waals surface area contributed by atoms with Crippen LogP contribution in [0.4, 0.5) is 0 Å². The number of amides is 1. The molecule has 1 rings (SSSR count). The third-order valence-corrected chi connectivity index (χ3v) is 3.32. The maximum Gasteiger partial charge on any atom is 0.224 e. The zero-order valence-corrected chi connectivity index (χ0v) is 12.1. The predicted octanol–water partition coefficient (Wildman–Crippen LogP) is 1.68. The van der Waals surface area contributed by atoms with Gasteiger partial charge in [0.2, 0.25) is 5.91 Å². The van der Waals surface area contributed by atoms with E-state index in [4.69, 9.17) is 9.84 Å². The van der Waals surface area contributed by atoms with Crippen molar-refractivity contribution in [1.82, 2.24) is 5.32 Å². The van der Waals surface area contributed by atoms with Crippen molar-refractivity contribution in [2.45, 2.75) is 33.2 Å². The minimum Gasteiger partial charge on any atom is -0.496 e. The number of aliphatic hydroxyl groups is 1. The maximum atomic E-state index is 12.0. The number of carbonyl (C=O) groups is 1. The van der Waals surface area contributed by atoms with Gasteiger partial charge in [0.05, 0.1) is 13.5 Å². The lowest BCUT2D eigenvalue weighted by Crippen LogP contribution is -2.39. The van der Waals surface area contributed by atoms with Crippen LogP contribution < -0.4 is 10.1 Å². The van der Waals surface area contributed by atoms with Crippen LogP contribution in [0.3, 0.4) is 0 Å². The van der Waals surface area contributed by atoms with E-state index in [-0.39, 0.29) is 30.9 Å². The number of benzene rings is 1. The van der Waals surface area contributed by atoms with E-state index < -0.39 is 0 Å². The fourth-order valence-electron chi connectivity index (χ4n) is 1.82. The van der Waals surface area contributed by atoms with Crippen molar-refractivity contribution < 1.29 is 14.6 Å². The molecule has 1 aromatic carbocycles. The summed E-state index contributed by atoms with van der Waals surface area (Å²) in [4.78, 5) is 12.0. The molecule has 0 radical (unpaired) electrons.